The van der Waals surface area contributed by atoms with E-state index in [1.807, 2.05) is 29.2 Å². The number of ether oxygens (including phenoxy) is 1. The maximum atomic E-state index is 12.9. The van der Waals surface area contributed by atoms with E-state index in [4.69, 9.17) is 4.74 Å². The van der Waals surface area contributed by atoms with Crippen LogP contribution in [0.1, 0.15) is 48.7 Å². The number of carbonyl (C=O) groups is 2. The Bertz CT molecular complexity index is 1060. The monoisotopic (exact) mass is 462 g/mol. The van der Waals surface area contributed by atoms with E-state index in [0.717, 1.165) is 43.2 Å². The molecule has 2 N–H and O–H groups in total. The fourth-order valence-electron chi connectivity index (χ4n) is 5.61. The Balaban J connectivity index is 1.53. The van der Waals surface area contributed by atoms with Gasteiger partial charge < -0.3 is 25.2 Å². The molecule has 7 heteroatoms. The van der Waals surface area contributed by atoms with Crippen LogP contribution in [0.4, 0.5) is 17.1 Å². The SMILES string of the molecule is CNC(=O)c1ccc(NC2c3cc(N4CCOCC4)ccc3N(C(C)=O)C(C3CC3)[C@@H]2C)cc1. The molecule has 1 aliphatic carbocycles. The molecular weight excluding hydrogens is 428 g/mol. The Morgan fingerprint density at radius 1 is 1.03 bits per heavy atom. The summed E-state index contributed by atoms with van der Waals surface area (Å²) < 4.78 is 5.55. The lowest BCUT2D eigenvalue weighted by molar-refractivity contribution is -0.117. The number of benzene rings is 2. The standard InChI is InChI=1S/C27H34N4O3/c1-17-25(29-21-8-6-20(7-9-21)27(33)28-3)23-16-22(30-12-14-34-15-13-30)10-11-24(23)31(18(2)32)26(17)19-4-5-19/h6-11,16-17,19,25-26,29H,4-5,12-15H2,1-3H3,(H,28,33)/t17-,25?,26?/m1/s1. The highest BCUT2D eigenvalue weighted by atomic mass is 16.5. The summed E-state index contributed by atoms with van der Waals surface area (Å²) in [4.78, 5) is 29.2. The molecule has 2 aromatic rings. The highest BCUT2D eigenvalue weighted by Crippen LogP contribution is 2.50. The van der Waals surface area contributed by atoms with Crippen molar-refractivity contribution in [2.45, 2.75) is 38.8 Å². The van der Waals surface area contributed by atoms with Gasteiger partial charge in [-0.05, 0) is 61.2 Å². The van der Waals surface area contributed by atoms with Crippen LogP contribution >= 0.6 is 0 Å². The maximum Gasteiger partial charge on any atom is 0.251 e. The van der Waals surface area contributed by atoms with Gasteiger partial charge in [0.05, 0.1) is 19.3 Å². The molecule has 2 aliphatic heterocycles. The third kappa shape index (κ3) is 4.25. The summed E-state index contributed by atoms with van der Waals surface area (Å²) in [5, 5.41) is 6.43. The number of nitrogens with zero attached hydrogens (tertiary/aromatic N) is 2. The molecule has 180 valence electrons. The van der Waals surface area contributed by atoms with Gasteiger partial charge in [0, 0.05) is 67.2 Å². The molecule has 0 aromatic heterocycles. The molecule has 0 spiro atoms. The Morgan fingerprint density at radius 3 is 2.35 bits per heavy atom. The molecule has 2 unspecified atom stereocenters. The van der Waals surface area contributed by atoms with Crippen LogP contribution in [0, 0.1) is 11.8 Å². The fourth-order valence-corrected chi connectivity index (χ4v) is 5.61. The number of rotatable bonds is 5. The van der Waals surface area contributed by atoms with Gasteiger partial charge >= 0.3 is 0 Å². The van der Waals surface area contributed by atoms with Crippen molar-refractivity contribution in [3.63, 3.8) is 0 Å². The maximum absolute atomic E-state index is 12.9. The number of anilines is 3. The van der Waals surface area contributed by atoms with Gasteiger partial charge in [0.25, 0.3) is 5.91 Å². The lowest BCUT2D eigenvalue weighted by Gasteiger charge is -2.46. The van der Waals surface area contributed by atoms with Gasteiger partial charge in [0.2, 0.25) is 5.91 Å². The van der Waals surface area contributed by atoms with Crippen LogP contribution in [-0.4, -0.2) is 51.2 Å². The smallest absolute Gasteiger partial charge is 0.251 e. The van der Waals surface area contributed by atoms with Gasteiger partial charge in [0.1, 0.15) is 0 Å². The fraction of sp³-hybridized carbons (Fsp3) is 0.481. The Hall–Kier alpha value is -3.06. The Labute approximate surface area is 201 Å². The summed E-state index contributed by atoms with van der Waals surface area (Å²) in [6, 6.07) is 14.4. The first-order valence-corrected chi connectivity index (χ1v) is 12.3. The van der Waals surface area contributed by atoms with Crippen molar-refractivity contribution >= 4 is 28.9 Å². The number of nitrogens with one attached hydrogen (secondary N) is 2. The predicted molar refractivity (Wildman–Crippen MR) is 135 cm³/mol. The average Bonchev–Trinajstić information content (AvgIpc) is 3.70. The third-order valence-electron chi connectivity index (χ3n) is 7.49. The summed E-state index contributed by atoms with van der Waals surface area (Å²) >= 11 is 0. The number of fused-ring (bicyclic) bond motifs is 1. The van der Waals surface area contributed by atoms with Crippen molar-refractivity contribution in [1.82, 2.24) is 5.32 Å². The summed E-state index contributed by atoms with van der Waals surface area (Å²) in [6.45, 7) is 7.15. The molecule has 3 aliphatic rings. The van der Waals surface area contributed by atoms with E-state index in [1.165, 1.54) is 18.5 Å². The van der Waals surface area contributed by atoms with Gasteiger partial charge in [-0.25, -0.2) is 0 Å². The van der Waals surface area contributed by atoms with Crippen LogP contribution in [0.15, 0.2) is 42.5 Å². The van der Waals surface area contributed by atoms with E-state index in [9.17, 15) is 9.59 Å². The molecule has 34 heavy (non-hydrogen) atoms. The number of carbonyl (C=O) groups excluding carboxylic acids is 2. The van der Waals surface area contributed by atoms with Crippen LogP contribution in [0.2, 0.25) is 0 Å². The highest BCUT2D eigenvalue weighted by molar-refractivity contribution is 5.95. The molecule has 3 atom stereocenters. The summed E-state index contributed by atoms with van der Waals surface area (Å²) in [5.41, 5.74) is 4.94. The predicted octanol–water partition coefficient (Wildman–Crippen LogP) is 3.82. The van der Waals surface area contributed by atoms with E-state index >= 15 is 0 Å². The van der Waals surface area contributed by atoms with Crippen molar-refractivity contribution in [2.75, 3.05) is 48.5 Å². The summed E-state index contributed by atoms with van der Waals surface area (Å²) in [5.74, 6) is 0.801. The molecule has 2 amide bonds. The van der Waals surface area contributed by atoms with E-state index in [2.05, 4.69) is 40.7 Å². The zero-order valence-electron chi connectivity index (χ0n) is 20.2. The average molecular weight is 463 g/mol. The zero-order valence-corrected chi connectivity index (χ0v) is 20.2. The molecular formula is C27H34N4O3. The summed E-state index contributed by atoms with van der Waals surface area (Å²) in [6.07, 6.45) is 2.35. The minimum absolute atomic E-state index is 0.0584. The van der Waals surface area contributed by atoms with Gasteiger partial charge in [-0.3, -0.25) is 9.59 Å². The minimum atomic E-state index is -0.0935. The van der Waals surface area contributed by atoms with Crippen molar-refractivity contribution in [3.05, 3.63) is 53.6 Å². The summed E-state index contributed by atoms with van der Waals surface area (Å²) in [7, 11) is 1.64. The normalized spacial score (nSPS) is 24.4. The van der Waals surface area contributed by atoms with Crippen molar-refractivity contribution in [2.24, 2.45) is 11.8 Å². The number of hydrogen-bond acceptors (Lipinski definition) is 5. The molecule has 2 fully saturated rings. The minimum Gasteiger partial charge on any atom is -0.378 e. The molecule has 2 heterocycles. The van der Waals surface area contributed by atoms with Gasteiger partial charge in [0.15, 0.2) is 0 Å². The van der Waals surface area contributed by atoms with Crippen LogP contribution in [0.25, 0.3) is 0 Å². The van der Waals surface area contributed by atoms with Gasteiger partial charge in [-0.1, -0.05) is 6.92 Å². The van der Waals surface area contributed by atoms with Gasteiger partial charge in [-0.2, -0.15) is 0 Å². The van der Waals surface area contributed by atoms with Crippen LogP contribution in [0.3, 0.4) is 0 Å². The largest absolute Gasteiger partial charge is 0.378 e. The van der Waals surface area contributed by atoms with E-state index < -0.39 is 0 Å². The second kappa shape index (κ2) is 9.29. The van der Waals surface area contributed by atoms with E-state index in [-0.39, 0.29) is 29.8 Å². The van der Waals surface area contributed by atoms with Gasteiger partial charge in [-0.15, -0.1) is 0 Å². The quantitative estimate of drug-likeness (QED) is 0.707. The Kier molecular flexibility index (Phi) is 6.21. The Morgan fingerprint density at radius 2 is 1.74 bits per heavy atom. The third-order valence-corrected chi connectivity index (χ3v) is 7.49. The molecule has 2 aromatic carbocycles. The molecule has 0 bridgehead atoms. The van der Waals surface area contributed by atoms with Crippen molar-refractivity contribution < 1.29 is 14.3 Å². The molecule has 7 nitrogen and oxygen atoms in total. The second-order valence-electron chi connectivity index (χ2n) is 9.70. The lowest BCUT2D eigenvalue weighted by atomic mass is 9.79. The van der Waals surface area contributed by atoms with E-state index in [1.54, 1.807) is 14.0 Å². The first-order chi connectivity index (χ1) is 16.5. The number of amides is 2. The lowest BCUT2D eigenvalue weighted by Crippen LogP contribution is -2.51. The topological polar surface area (TPSA) is 73.9 Å². The van der Waals surface area contributed by atoms with E-state index in [0.29, 0.717) is 11.5 Å². The first-order valence-electron chi connectivity index (χ1n) is 12.3. The van der Waals surface area contributed by atoms with Crippen LogP contribution in [0.5, 0.6) is 0 Å². The molecule has 1 saturated heterocycles. The van der Waals surface area contributed by atoms with Crippen LogP contribution in [-0.2, 0) is 9.53 Å². The van der Waals surface area contributed by atoms with Crippen molar-refractivity contribution in [3.8, 4) is 0 Å². The highest BCUT2D eigenvalue weighted by Gasteiger charge is 2.47. The molecule has 5 rings (SSSR count). The zero-order chi connectivity index (χ0) is 23.8. The number of hydrogen-bond donors (Lipinski definition) is 2. The second-order valence-corrected chi connectivity index (χ2v) is 9.70. The number of morpholine rings is 1. The van der Waals surface area contributed by atoms with Crippen molar-refractivity contribution in [1.29, 1.82) is 0 Å². The molecule has 1 saturated carbocycles. The van der Waals surface area contributed by atoms with Crippen LogP contribution < -0.4 is 20.4 Å². The molecule has 0 radical (unpaired) electrons. The first kappa shape index (κ1) is 22.7.